The van der Waals surface area contributed by atoms with Gasteiger partial charge >= 0.3 is 0 Å². The SMILES string of the molecule is CCNC(=NCC(C)Oc1ccc(OC)cc1)NCC1CC(=O)Nc2ccccc21. The fourth-order valence-electron chi connectivity index (χ4n) is 3.39. The van der Waals surface area contributed by atoms with Crippen molar-refractivity contribution in [2.24, 2.45) is 4.99 Å². The summed E-state index contributed by atoms with van der Waals surface area (Å²) in [6, 6.07) is 15.4. The van der Waals surface area contributed by atoms with Crippen molar-refractivity contribution in [3.05, 3.63) is 54.1 Å². The van der Waals surface area contributed by atoms with Crippen molar-refractivity contribution in [2.45, 2.75) is 32.3 Å². The first kappa shape index (κ1) is 21.5. The molecule has 0 aliphatic carbocycles. The maximum atomic E-state index is 12.0. The van der Waals surface area contributed by atoms with Gasteiger partial charge in [0.2, 0.25) is 5.91 Å². The van der Waals surface area contributed by atoms with Crippen LogP contribution in [-0.4, -0.2) is 44.7 Å². The van der Waals surface area contributed by atoms with E-state index in [1.54, 1.807) is 7.11 Å². The summed E-state index contributed by atoms with van der Waals surface area (Å²) < 4.78 is 11.1. The molecule has 1 aliphatic heterocycles. The highest BCUT2D eigenvalue weighted by molar-refractivity contribution is 5.94. The molecule has 0 fully saturated rings. The first-order valence-corrected chi connectivity index (χ1v) is 10.3. The highest BCUT2D eigenvalue weighted by atomic mass is 16.5. The topological polar surface area (TPSA) is 84.0 Å². The lowest BCUT2D eigenvalue weighted by atomic mass is 9.90. The predicted octanol–water partition coefficient (Wildman–Crippen LogP) is 3.14. The number of rotatable bonds is 8. The van der Waals surface area contributed by atoms with Crippen LogP contribution in [0, 0.1) is 0 Å². The molecule has 3 rings (SSSR count). The minimum Gasteiger partial charge on any atom is -0.497 e. The van der Waals surface area contributed by atoms with Crippen molar-refractivity contribution in [2.75, 3.05) is 32.1 Å². The number of para-hydroxylation sites is 1. The summed E-state index contributed by atoms with van der Waals surface area (Å²) in [7, 11) is 1.64. The van der Waals surface area contributed by atoms with Gasteiger partial charge in [-0.1, -0.05) is 18.2 Å². The summed E-state index contributed by atoms with van der Waals surface area (Å²) in [4.78, 5) is 16.7. The Morgan fingerprint density at radius 2 is 1.90 bits per heavy atom. The summed E-state index contributed by atoms with van der Waals surface area (Å²) >= 11 is 0. The molecule has 2 aromatic carbocycles. The van der Waals surface area contributed by atoms with Crippen LogP contribution >= 0.6 is 0 Å². The molecule has 0 spiro atoms. The summed E-state index contributed by atoms with van der Waals surface area (Å²) in [5.74, 6) is 2.44. The molecule has 1 heterocycles. The fraction of sp³-hybridized carbons (Fsp3) is 0.391. The van der Waals surface area contributed by atoms with E-state index in [1.807, 2.05) is 56.3 Å². The molecule has 2 aromatic rings. The number of ether oxygens (including phenoxy) is 2. The van der Waals surface area contributed by atoms with Crippen molar-refractivity contribution in [3.63, 3.8) is 0 Å². The molecule has 1 amide bonds. The van der Waals surface area contributed by atoms with Gasteiger partial charge in [-0.15, -0.1) is 0 Å². The molecule has 160 valence electrons. The van der Waals surface area contributed by atoms with Gasteiger partial charge in [-0.05, 0) is 49.7 Å². The number of amides is 1. The van der Waals surface area contributed by atoms with Gasteiger partial charge in [-0.2, -0.15) is 0 Å². The van der Waals surface area contributed by atoms with Gasteiger partial charge < -0.3 is 25.4 Å². The van der Waals surface area contributed by atoms with E-state index in [0.29, 0.717) is 25.5 Å². The van der Waals surface area contributed by atoms with E-state index >= 15 is 0 Å². The maximum absolute atomic E-state index is 12.0. The molecule has 0 saturated heterocycles. The lowest BCUT2D eigenvalue weighted by Crippen LogP contribution is -2.41. The van der Waals surface area contributed by atoms with Gasteiger partial charge in [-0.25, -0.2) is 4.99 Å². The number of hydrogen-bond donors (Lipinski definition) is 3. The molecular weight excluding hydrogens is 380 g/mol. The average Bonchev–Trinajstić information content (AvgIpc) is 2.76. The highest BCUT2D eigenvalue weighted by Crippen LogP contribution is 2.31. The van der Waals surface area contributed by atoms with Crippen molar-refractivity contribution < 1.29 is 14.3 Å². The van der Waals surface area contributed by atoms with Crippen LogP contribution in [0.15, 0.2) is 53.5 Å². The number of anilines is 1. The van der Waals surface area contributed by atoms with Crippen LogP contribution in [0.5, 0.6) is 11.5 Å². The second-order valence-corrected chi connectivity index (χ2v) is 7.24. The van der Waals surface area contributed by atoms with Gasteiger partial charge in [0.1, 0.15) is 17.6 Å². The van der Waals surface area contributed by atoms with E-state index in [0.717, 1.165) is 29.3 Å². The van der Waals surface area contributed by atoms with Gasteiger partial charge in [0.05, 0.1) is 13.7 Å². The number of guanidine groups is 1. The van der Waals surface area contributed by atoms with E-state index < -0.39 is 0 Å². The second kappa shape index (κ2) is 10.5. The van der Waals surface area contributed by atoms with Crippen LogP contribution in [0.1, 0.15) is 31.7 Å². The van der Waals surface area contributed by atoms with E-state index in [9.17, 15) is 4.79 Å². The number of nitrogens with one attached hydrogen (secondary N) is 3. The standard InChI is InChI=1S/C23H30N4O3/c1-4-24-23(25-14-16(2)30-19-11-9-18(29-3)10-12-19)26-15-17-13-22(28)27-21-8-6-5-7-20(17)21/h5-12,16-17H,4,13-15H2,1-3H3,(H,27,28)(H2,24,25,26). The maximum Gasteiger partial charge on any atom is 0.225 e. The number of methoxy groups -OCH3 is 1. The van der Waals surface area contributed by atoms with Crippen molar-refractivity contribution in [3.8, 4) is 11.5 Å². The van der Waals surface area contributed by atoms with E-state index in [2.05, 4.69) is 27.0 Å². The minimum atomic E-state index is -0.0879. The Hall–Kier alpha value is -3.22. The number of aliphatic imine (C=N–C) groups is 1. The van der Waals surface area contributed by atoms with Gasteiger partial charge in [0.15, 0.2) is 5.96 Å². The molecule has 0 aromatic heterocycles. The molecule has 1 aliphatic rings. The Bertz CT molecular complexity index is 867. The van der Waals surface area contributed by atoms with E-state index in [-0.39, 0.29) is 17.9 Å². The molecule has 0 radical (unpaired) electrons. The molecule has 2 atom stereocenters. The molecule has 2 unspecified atom stereocenters. The molecule has 30 heavy (non-hydrogen) atoms. The van der Waals surface area contributed by atoms with E-state index in [1.165, 1.54) is 0 Å². The average molecular weight is 411 g/mol. The second-order valence-electron chi connectivity index (χ2n) is 7.24. The van der Waals surface area contributed by atoms with Crippen LogP contribution in [0.4, 0.5) is 5.69 Å². The first-order chi connectivity index (χ1) is 14.6. The van der Waals surface area contributed by atoms with Crippen molar-refractivity contribution >= 4 is 17.6 Å². The summed E-state index contributed by atoms with van der Waals surface area (Å²) in [5.41, 5.74) is 2.04. The van der Waals surface area contributed by atoms with Crippen LogP contribution in [0.25, 0.3) is 0 Å². The first-order valence-electron chi connectivity index (χ1n) is 10.3. The normalized spacial score (nSPS) is 16.8. The fourth-order valence-corrected chi connectivity index (χ4v) is 3.39. The Kier molecular flexibility index (Phi) is 7.54. The van der Waals surface area contributed by atoms with Crippen LogP contribution in [0.3, 0.4) is 0 Å². The molecule has 7 heteroatoms. The predicted molar refractivity (Wildman–Crippen MR) is 119 cm³/mol. The lowest BCUT2D eigenvalue weighted by Gasteiger charge is -2.26. The lowest BCUT2D eigenvalue weighted by molar-refractivity contribution is -0.116. The Morgan fingerprint density at radius 1 is 1.17 bits per heavy atom. The van der Waals surface area contributed by atoms with Crippen LogP contribution < -0.4 is 25.4 Å². The van der Waals surface area contributed by atoms with Gasteiger partial charge in [-0.3, -0.25) is 4.79 Å². The highest BCUT2D eigenvalue weighted by Gasteiger charge is 2.24. The number of benzene rings is 2. The molecule has 3 N–H and O–H groups in total. The quantitative estimate of drug-likeness (QED) is 0.460. The zero-order chi connectivity index (χ0) is 21.3. The van der Waals surface area contributed by atoms with Crippen molar-refractivity contribution in [1.82, 2.24) is 10.6 Å². The largest absolute Gasteiger partial charge is 0.497 e. The summed E-state index contributed by atoms with van der Waals surface area (Å²) in [5, 5.41) is 9.57. The van der Waals surface area contributed by atoms with Crippen molar-refractivity contribution in [1.29, 1.82) is 0 Å². The Balaban J connectivity index is 1.57. The third kappa shape index (κ3) is 5.89. The van der Waals surface area contributed by atoms with Gasteiger partial charge in [0.25, 0.3) is 0 Å². The molecular formula is C23H30N4O3. The zero-order valence-corrected chi connectivity index (χ0v) is 17.8. The molecule has 0 bridgehead atoms. The van der Waals surface area contributed by atoms with Gasteiger partial charge in [0, 0.05) is 31.1 Å². The number of fused-ring (bicyclic) bond motifs is 1. The Labute approximate surface area is 177 Å². The number of carbonyl (C=O) groups is 1. The summed E-state index contributed by atoms with van der Waals surface area (Å²) in [6.07, 6.45) is 0.371. The molecule has 7 nitrogen and oxygen atoms in total. The van der Waals surface area contributed by atoms with Crippen LogP contribution in [-0.2, 0) is 4.79 Å². The zero-order valence-electron chi connectivity index (χ0n) is 17.8. The van der Waals surface area contributed by atoms with E-state index in [4.69, 9.17) is 9.47 Å². The number of carbonyl (C=O) groups excluding carboxylic acids is 1. The third-order valence-electron chi connectivity index (χ3n) is 4.87. The number of hydrogen-bond acceptors (Lipinski definition) is 4. The third-order valence-corrected chi connectivity index (χ3v) is 4.87. The minimum absolute atomic E-state index is 0.0453. The Morgan fingerprint density at radius 3 is 2.63 bits per heavy atom. The monoisotopic (exact) mass is 410 g/mol. The van der Waals surface area contributed by atoms with Crippen LogP contribution in [0.2, 0.25) is 0 Å². The number of nitrogens with zero attached hydrogens (tertiary/aromatic N) is 1. The summed E-state index contributed by atoms with van der Waals surface area (Å²) in [6.45, 7) is 5.89. The molecule has 0 saturated carbocycles. The smallest absolute Gasteiger partial charge is 0.225 e.